The molecule has 0 fully saturated rings. The standard InChI is InChI=1S/C9H11F3N4O3/c10-9(11,12)8(19)13-3-1-2-6-4-16(15-14-6)5-7(17)18/h4H,1-3,5H2,(H,13,19)(H,17,18). The quantitative estimate of drug-likeness (QED) is 0.713. The van der Waals surface area contributed by atoms with E-state index in [1.54, 1.807) is 5.32 Å². The number of aryl methyl sites for hydroxylation is 1. The molecular weight excluding hydrogens is 269 g/mol. The van der Waals surface area contributed by atoms with Gasteiger partial charge in [0.1, 0.15) is 6.54 Å². The Balaban J connectivity index is 2.28. The monoisotopic (exact) mass is 280 g/mol. The van der Waals surface area contributed by atoms with E-state index in [2.05, 4.69) is 10.3 Å². The highest BCUT2D eigenvalue weighted by molar-refractivity contribution is 5.81. The van der Waals surface area contributed by atoms with E-state index in [1.807, 2.05) is 0 Å². The van der Waals surface area contributed by atoms with Crippen LogP contribution in [0.1, 0.15) is 12.1 Å². The van der Waals surface area contributed by atoms with Crippen molar-refractivity contribution >= 4 is 11.9 Å². The molecule has 19 heavy (non-hydrogen) atoms. The molecule has 0 saturated heterocycles. The molecular formula is C9H11F3N4O3. The summed E-state index contributed by atoms with van der Waals surface area (Å²) in [5.74, 6) is -3.06. The van der Waals surface area contributed by atoms with Crippen LogP contribution in [0.3, 0.4) is 0 Å². The first-order chi connectivity index (χ1) is 8.79. The van der Waals surface area contributed by atoms with Crippen LogP contribution < -0.4 is 5.32 Å². The molecule has 0 aromatic carbocycles. The first kappa shape index (κ1) is 14.9. The number of aliphatic carboxylic acids is 1. The Morgan fingerprint density at radius 1 is 1.42 bits per heavy atom. The minimum atomic E-state index is -4.88. The summed E-state index contributed by atoms with van der Waals surface area (Å²) in [6.45, 7) is -0.484. The SMILES string of the molecule is O=C(O)Cn1cc(CCCNC(=O)C(F)(F)F)nn1. The van der Waals surface area contributed by atoms with Crippen molar-refractivity contribution in [2.75, 3.05) is 6.54 Å². The maximum Gasteiger partial charge on any atom is 0.471 e. The second-order valence-corrected chi connectivity index (χ2v) is 3.66. The molecule has 0 saturated carbocycles. The van der Waals surface area contributed by atoms with Gasteiger partial charge in [-0.1, -0.05) is 5.21 Å². The molecule has 1 amide bonds. The number of nitrogens with zero attached hydrogens (tertiary/aromatic N) is 3. The third-order valence-electron chi connectivity index (χ3n) is 2.04. The topological polar surface area (TPSA) is 97.1 Å². The number of aromatic nitrogens is 3. The first-order valence-electron chi connectivity index (χ1n) is 5.25. The number of carbonyl (C=O) groups is 2. The molecule has 0 aliphatic heterocycles. The van der Waals surface area contributed by atoms with E-state index in [4.69, 9.17) is 5.11 Å². The molecule has 0 spiro atoms. The fourth-order valence-corrected chi connectivity index (χ4v) is 1.24. The number of carboxylic acids is 1. The Hall–Kier alpha value is -2.13. The average Bonchev–Trinajstić information content (AvgIpc) is 2.69. The van der Waals surface area contributed by atoms with Gasteiger partial charge in [-0.15, -0.1) is 5.10 Å². The molecule has 0 atom stereocenters. The minimum absolute atomic E-state index is 0.149. The Morgan fingerprint density at radius 2 is 2.11 bits per heavy atom. The normalized spacial score (nSPS) is 11.3. The summed E-state index contributed by atoms with van der Waals surface area (Å²) in [7, 11) is 0. The van der Waals surface area contributed by atoms with Crippen LogP contribution >= 0.6 is 0 Å². The molecule has 0 unspecified atom stereocenters. The first-order valence-corrected chi connectivity index (χ1v) is 5.25. The molecule has 1 heterocycles. The van der Waals surface area contributed by atoms with E-state index in [1.165, 1.54) is 6.20 Å². The van der Waals surface area contributed by atoms with Crippen LogP contribution in [-0.4, -0.2) is 44.7 Å². The molecule has 0 radical (unpaired) electrons. The van der Waals surface area contributed by atoms with Crippen LogP contribution in [0.4, 0.5) is 13.2 Å². The van der Waals surface area contributed by atoms with Gasteiger partial charge in [-0.3, -0.25) is 9.59 Å². The number of amides is 1. The van der Waals surface area contributed by atoms with Crippen LogP contribution in [0.25, 0.3) is 0 Å². The van der Waals surface area contributed by atoms with E-state index >= 15 is 0 Å². The average molecular weight is 280 g/mol. The molecule has 0 aliphatic carbocycles. The van der Waals surface area contributed by atoms with Crippen molar-refractivity contribution in [2.45, 2.75) is 25.6 Å². The number of carbonyl (C=O) groups excluding carboxylic acids is 1. The van der Waals surface area contributed by atoms with Crippen molar-refractivity contribution < 1.29 is 27.9 Å². The number of carboxylic acid groups (broad SMARTS) is 1. The predicted molar refractivity (Wildman–Crippen MR) is 55.0 cm³/mol. The fourth-order valence-electron chi connectivity index (χ4n) is 1.24. The summed E-state index contributed by atoms with van der Waals surface area (Å²) in [4.78, 5) is 20.8. The highest BCUT2D eigenvalue weighted by Gasteiger charge is 2.38. The van der Waals surface area contributed by atoms with Gasteiger partial charge in [0.2, 0.25) is 0 Å². The third kappa shape index (κ3) is 5.36. The van der Waals surface area contributed by atoms with Gasteiger partial charge < -0.3 is 10.4 Å². The number of rotatable bonds is 6. The lowest BCUT2D eigenvalue weighted by molar-refractivity contribution is -0.173. The van der Waals surface area contributed by atoms with E-state index in [9.17, 15) is 22.8 Å². The van der Waals surface area contributed by atoms with Crippen LogP contribution in [0.2, 0.25) is 0 Å². The van der Waals surface area contributed by atoms with Crippen molar-refractivity contribution in [3.8, 4) is 0 Å². The summed E-state index contributed by atoms with van der Waals surface area (Å²) < 4.78 is 36.6. The van der Waals surface area contributed by atoms with Gasteiger partial charge in [0.15, 0.2) is 0 Å². The van der Waals surface area contributed by atoms with Crippen LogP contribution in [-0.2, 0) is 22.6 Å². The lowest BCUT2D eigenvalue weighted by Crippen LogP contribution is -2.37. The lowest BCUT2D eigenvalue weighted by Gasteiger charge is -2.06. The molecule has 1 aromatic rings. The fraction of sp³-hybridized carbons (Fsp3) is 0.556. The van der Waals surface area contributed by atoms with Crippen LogP contribution in [0, 0.1) is 0 Å². The van der Waals surface area contributed by atoms with E-state index in [0.29, 0.717) is 5.69 Å². The van der Waals surface area contributed by atoms with Gasteiger partial charge >= 0.3 is 18.1 Å². The van der Waals surface area contributed by atoms with Gasteiger partial charge in [-0.05, 0) is 12.8 Å². The van der Waals surface area contributed by atoms with Crippen molar-refractivity contribution in [1.29, 1.82) is 0 Å². The van der Waals surface area contributed by atoms with E-state index in [-0.39, 0.29) is 25.9 Å². The number of alkyl halides is 3. The molecule has 2 N–H and O–H groups in total. The van der Waals surface area contributed by atoms with Crippen molar-refractivity contribution in [3.05, 3.63) is 11.9 Å². The van der Waals surface area contributed by atoms with Gasteiger partial charge in [-0.2, -0.15) is 13.2 Å². The molecule has 1 aromatic heterocycles. The number of halogens is 3. The summed E-state index contributed by atoms with van der Waals surface area (Å²) in [6.07, 6.45) is -2.96. The van der Waals surface area contributed by atoms with Crippen LogP contribution in [0.5, 0.6) is 0 Å². The smallest absolute Gasteiger partial charge is 0.471 e. The third-order valence-corrected chi connectivity index (χ3v) is 2.04. The second-order valence-electron chi connectivity index (χ2n) is 3.66. The Bertz CT molecular complexity index is 458. The van der Waals surface area contributed by atoms with Gasteiger partial charge in [-0.25, -0.2) is 4.68 Å². The number of nitrogens with one attached hydrogen (secondary N) is 1. The Morgan fingerprint density at radius 3 is 2.68 bits per heavy atom. The second kappa shape index (κ2) is 6.16. The molecule has 0 aliphatic rings. The van der Waals surface area contributed by atoms with Crippen molar-refractivity contribution in [2.24, 2.45) is 0 Å². The predicted octanol–water partition coefficient (Wildman–Crippen LogP) is -0.0262. The largest absolute Gasteiger partial charge is 0.480 e. The summed E-state index contributed by atoms with van der Waals surface area (Å²) in [5.41, 5.74) is 0.447. The zero-order valence-electron chi connectivity index (χ0n) is 9.65. The van der Waals surface area contributed by atoms with E-state index in [0.717, 1.165) is 4.68 Å². The zero-order valence-corrected chi connectivity index (χ0v) is 9.65. The van der Waals surface area contributed by atoms with Gasteiger partial charge in [0.25, 0.3) is 0 Å². The summed E-state index contributed by atoms with van der Waals surface area (Å²) >= 11 is 0. The molecule has 106 valence electrons. The maximum atomic E-state index is 11.8. The number of hydrogen-bond donors (Lipinski definition) is 2. The maximum absolute atomic E-state index is 11.8. The van der Waals surface area contributed by atoms with Gasteiger partial charge in [0.05, 0.1) is 5.69 Å². The molecule has 0 bridgehead atoms. The summed E-state index contributed by atoms with van der Waals surface area (Å²) in [5, 5.41) is 17.4. The summed E-state index contributed by atoms with van der Waals surface area (Å²) in [6, 6.07) is 0. The number of hydrogen-bond acceptors (Lipinski definition) is 4. The van der Waals surface area contributed by atoms with Crippen LogP contribution in [0.15, 0.2) is 6.20 Å². The Labute approximate surface area is 105 Å². The lowest BCUT2D eigenvalue weighted by atomic mass is 10.2. The van der Waals surface area contributed by atoms with E-state index < -0.39 is 18.1 Å². The van der Waals surface area contributed by atoms with Crippen molar-refractivity contribution in [3.63, 3.8) is 0 Å². The highest BCUT2D eigenvalue weighted by Crippen LogP contribution is 2.13. The zero-order chi connectivity index (χ0) is 14.5. The molecule has 10 heteroatoms. The highest BCUT2D eigenvalue weighted by atomic mass is 19.4. The minimum Gasteiger partial charge on any atom is -0.480 e. The molecule has 7 nitrogen and oxygen atoms in total. The molecule has 1 rings (SSSR count). The Kier molecular flexibility index (Phi) is 4.84. The van der Waals surface area contributed by atoms with Gasteiger partial charge in [0, 0.05) is 12.7 Å². The van der Waals surface area contributed by atoms with Crippen molar-refractivity contribution in [1.82, 2.24) is 20.3 Å².